The van der Waals surface area contributed by atoms with Crippen LogP contribution in [0.1, 0.15) is 25.5 Å². The summed E-state index contributed by atoms with van der Waals surface area (Å²) in [5.74, 6) is 0.749. The number of nitrogens with one attached hydrogen (secondary N) is 1. The normalized spacial score (nSPS) is 13.6. The summed E-state index contributed by atoms with van der Waals surface area (Å²) in [6.07, 6.45) is -1.19. The van der Waals surface area contributed by atoms with Crippen LogP contribution >= 0.6 is 0 Å². The van der Waals surface area contributed by atoms with Crippen molar-refractivity contribution in [1.29, 1.82) is 0 Å². The van der Waals surface area contributed by atoms with Crippen LogP contribution in [0.4, 0.5) is 0 Å². The van der Waals surface area contributed by atoms with Crippen LogP contribution in [0, 0.1) is 0 Å². The zero-order chi connectivity index (χ0) is 13.7. The number of hydrogen-bond acceptors (Lipinski definition) is 4. The molecule has 0 radical (unpaired) electrons. The minimum atomic E-state index is -0.610. The predicted molar refractivity (Wildman–Crippen MR) is 67.8 cm³/mol. The SMILES string of the molecule is CNC(=O)C(C)Oc1ccc([C@H](C)O)cc1OC. The van der Waals surface area contributed by atoms with E-state index < -0.39 is 12.2 Å². The molecule has 1 aromatic rings. The molecule has 0 saturated heterocycles. The van der Waals surface area contributed by atoms with Crippen molar-refractivity contribution in [3.05, 3.63) is 23.8 Å². The van der Waals surface area contributed by atoms with Crippen LogP contribution in [0.15, 0.2) is 18.2 Å². The second-order valence-corrected chi connectivity index (χ2v) is 3.96. The summed E-state index contributed by atoms with van der Waals surface area (Å²) in [5.41, 5.74) is 0.729. The number of rotatable bonds is 5. The molecule has 1 aromatic carbocycles. The zero-order valence-corrected chi connectivity index (χ0v) is 11.1. The number of likely N-dealkylation sites (N-methyl/N-ethyl adjacent to an activating group) is 1. The fourth-order valence-corrected chi connectivity index (χ4v) is 1.49. The van der Waals surface area contributed by atoms with Crippen molar-refractivity contribution in [2.24, 2.45) is 0 Å². The highest BCUT2D eigenvalue weighted by molar-refractivity contribution is 5.80. The molecule has 18 heavy (non-hydrogen) atoms. The second-order valence-electron chi connectivity index (χ2n) is 3.96. The first-order valence-electron chi connectivity index (χ1n) is 5.73. The highest BCUT2D eigenvalue weighted by Gasteiger charge is 2.16. The van der Waals surface area contributed by atoms with E-state index in [-0.39, 0.29) is 5.91 Å². The Morgan fingerprint density at radius 1 is 1.33 bits per heavy atom. The van der Waals surface area contributed by atoms with Gasteiger partial charge in [0.15, 0.2) is 17.6 Å². The summed E-state index contributed by atoms with van der Waals surface area (Å²) in [4.78, 5) is 11.4. The molecule has 0 aliphatic rings. The van der Waals surface area contributed by atoms with E-state index in [1.807, 2.05) is 0 Å². The number of carbonyl (C=O) groups excluding carboxylic acids is 1. The van der Waals surface area contributed by atoms with Crippen molar-refractivity contribution in [2.75, 3.05) is 14.2 Å². The molecule has 5 nitrogen and oxygen atoms in total. The zero-order valence-electron chi connectivity index (χ0n) is 11.1. The van der Waals surface area contributed by atoms with Gasteiger partial charge in [-0.2, -0.15) is 0 Å². The number of amides is 1. The predicted octanol–water partition coefficient (Wildman–Crippen LogP) is 1.26. The Bertz CT molecular complexity index is 417. The summed E-state index contributed by atoms with van der Waals surface area (Å²) in [7, 11) is 3.06. The van der Waals surface area contributed by atoms with Crippen LogP contribution in [0.5, 0.6) is 11.5 Å². The first-order valence-corrected chi connectivity index (χ1v) is 5.73. The number of hydrogen-bond donors (Lipinski definition) is 2. The minimum Gasteiger partial charge on any atom is -0.493 e. The van der Waals surface area contributed by atoms with Crippen molar-refractivity contribution < 1.29 is 19.4 Å². The first kappa shape index (κ1) is 14.3. The molecule has 0 heterocycles. The average Bonchev–Trinajstić information content (AvgIpc) is 2.37. The second kappa shape index (κ2) is 6.26. The van der Waals surface area contributed by atoms with E-state index in [9.17, 15) is 9.90 Å². The number of aliphatic hydroxyl groups is 1. The lowest BCUT2D eigenvalue weighted by atomic mass is 10.1. The van der Waals surface area contributed by atoms with E-state index in [1.54, 1.807) is 39.1 Å². The van der Waals surface area contributed by atoms with E-state index in [1.165, 1.54) is 7.11 Å². The smallest absolute Gasteiger partial charge is 0.260 e. The minimum absolute atomic E-state index is 0.211. The van der Waals surface area contributed by atoms with Crippen LogP contribution < -0.4 is 14.8 Å². The van der Waals surface area contributed by atoms with Crippen molar-refractivity contribution in [3.8, 4) is 11.5 Å². The van der Waals surface area contributed by atoms with E-state index in [4.69, 9.17) is 9.47 Å². The van der Waals surface area contributed by atoms with E-state index >= 15 is 0 Å². The summed E-state index contributed by atoms with van der Waals surface area (Å²) in [6, 6.07) is 5.11. The molecule has 0 aliphatic carbocycles. The molecule has 2 atom stereocenters. The Hall–Kier alpha value is -1.75. The van der Waals surface area contributed by atoms with Gasteiger partial charge in [0.25, 0.3) is 5.91 Å². The maximum Gasteiger partial charge on any atom is 0.260 e. The maximum absolute atomic E-state index is 11.4. The number of benzene rings is 1. The van der Waals surface area contributed by atoms with Crippen molar-refractivity contribution in [3.63, 3.8) is 0 Å². The third-order valence-electron chi connectivity index (χ3n) is 2.59. The Kier molecular flexibility index (Phi) is 4.97. The van der Waals surface area contributed by atoms with Gasteiger partial charge in [0.1, 0.15) is 0 Å². The lowest BCUT2D eigenvalue weighted by Crippen LogP contribution is -2.33. The fourth-order valence-electron chi connectivity index (χ4n) is 1.49. The molecule has 0 aromatic heterocycles. The largest absolute Gasteiger partial charge is 0.493 e. The topological polar surface area (TPSA) is 67.8 Å². The first-order chi connectivity index (χ1) is 8.49. The molecular weight excluding hydrogens is 234 g/mol. The quantitative estimate of drug-likeness (QED) is 0.829. The van der Waals surface area contributed by atoms with Gasteiger partial charge < -0.3 is 19.9 Å². The fraction of sp³-hybridized carbons (Fsp3) is 0.462. The van der Waals surface area contributed by atoms with Crippen LogP contribution in [0.3, 0.4) is 0 Å². The average molecular weight is 253 g/mol. The molecular formula is C13H19NO4. The van der Waals surface area contributed by atoms with E-state index in [0.29, 0.717) is 11.5 Å². The third kappa shape index (κ3) is 3.37. The third-order valence-corrected chi connectivity index (χ3v) is 2.59. The van der Waals surface area contributed by atoms with Crippen LogP contribution in [0.2, 0.25) is 0 Å². The van der Waals surface area contributed by atoms with Gasteiger partial charge in [0.2, 0.25) is 0 Å². The number of methoxy groups -OCH3 is 1. The molecule has 1 rings (SSSR count). The van der Waals surface area contributed by atoms with Crippen molar-refractivity contribution in [2.45, 2.75) is 26.1 Å². The van der Waals surface area contributed by atoms with Gasteiger partial charge in [-0.05, 0) is 31.5 Å². The standard InChI is InChI=1S/C13H19NO4/c1-8(15)10-5-6-11(12(7-10)17-4)18-9(2)13(16)14-3/h5-9,15H,1-4H3,(H,14,16)/t8-,9?/m0/s1. The Balaban J connectivity index is 2.92. The summed E-state index contributed by atoms with van der Waals surface area (Å²) >= 11 is 0. The number of carbonyl (C=O) groups is 1. The Morgan fingerprint density at radius 2 is 2.00 bits per heavy atom. The highest BCUT2D eigenvalue weighted by atomic mass is 16.5. The van der Waals surface area contributed by atoms with Gasteiger partial charge >= 0.3 is 0 Å². The Labute approximate surface area is 107 Å². The van der Waals surface area contributed by atoms with Gasteiger partial charge in [0.05, 0.1) is 13.2 Å². The van der Waals surface area contributed by atoms with Gasteiger partial charge in [-0.25, -0.2) is 0 Å². The molecule has 0 spiro atoms. The lowest BCUT2D eigenvalue weighted by molar-refractivity contribution is -0.126. The molecule has 100 valence electrons. The van der Waals surface area contributed by atoms with E-state index in [2.05, 4.69) is 5.32 Å². The van der Waals surface area contributed by atoms with Gasteiger partial charge in [-0.1, -0.05) is 6.07 Å². The maximum atomic E-state index is 11.4. The van der Waals surface area contributed by atoms with Gasteiger partial charge in [-0.3, -0.25) is 4.79 Å². The van der Waals surface area contributed by atoms with Gasteiger partial charge in [0, 0.05) is 7.05 Å². The molecule has 5 heteroatoms. The molecule has 0 fully saturated rings. The molecule has 1 amide bonds. The highest BCUT2D eigenvalue weighted by Crippen LogP contribution is 2.30. The summed E-state index contributed by atoms with van der Waals surface area (Å²) < 4.78 is 10.7. The molecule has 0 saturated carbocycles. The van der Waals surface area contributed by atoms with Crippen molar-refractivity contribution in [1.82, 2.24) is 5.32 Å². The monoisotopic (exact) mass is 253 g/mol. The van der Waals surface area contributed by atoms with Gasteiger partial charge in [-0.15, -0.1) is 0 Å². The van der Waals surface area contributed by atoms with Crippen molar-refractivity contribution >= 4 is 5.91 Å². The molecule has 0 bridgehead atoms. The Morgan fingerprint density at radius 3 is 2.50 bits per heavy atom. The molecule has 0 aliphatic heterocycles. The molecule has 1 unspecified atom stereocenters. The number of ether oxygens (including phenoxy) is 2. The summed E-state index contributed by atoms with van der Waals surface area (Å²) in [6.45, 7) is 3.32. The lowest BCUT2D eigenvalue weighted by Gasteiger charge is -2.17. The summed E-state index contributed by atoms with van der Waals surface area (Å²) in [5, 5.41) is 12.0. The molecule has 2 N–H and O–H groups in total. The van der Waals surface area contributed by atoms with E-state index in [0.717, 1.165) is 5.56 Å². The van der Waals surface area contributed by atoms with Crippen LogP contribution in [-0.2, 0) is 4.79 Å². The van der Waals surface area contributed by atoms with Crippen LogP contribution in [-0.4, -0.2) is 31.3 Å². The van der Waals surface area contributed by atoms with Crippen LogP contribution in [0.25, 0.3) is 0 Å². The number of aliphatic hydroxyl groups excluding tert-OH is 1.